The highest BCUT2D eigenvalue weighted by Gasteiger charge is 2.61. The van der Waals surface area contributed by atoms with E-state index in [1.165, 1.54) is 11.8 Å². The number of H-pyrrole nitrogens is 1. The number of hydrogen-bond donors (Lipinski definition) is 1. The van der Waals surface area contributed by atoms with E-state index in [2.05, 4.69) is 16.2 Å². The van der Waals surface area contributed by atoms with Gasteiger partial charge in [-0.1, -0.05) is 26.8 Å². The maximum Gasteiger partial charge on any atom is 0.346 e. The summed E-state index contributed by atoms with van der Waals surface area (Å²) in [5, 5.41) is 13.0. The Kier molecular flexibility index (Phi) is 5.00. The molecule has 1 aromatic heterocycles. The van der Waals surface area contributed by atoms with Crippen LogP contribution < -0.4 is 5.69 Å². The van der Waals surface area contributed by atoms with E-state index in [0.717, 1.165) is 10.4 Å². The average Bonchev–Trinajstić information content (AvgIpc) is 2.85. The Labute approximate surface area is 138 Å². The minimum atomic E-state index is -0.409. The first kappa shape index (κ1) is 17.3. The van der Waals surface area contributed by atoms with Crippen LogP contribution in [0.5, 0.6) is 0 Å². The number of aromatic amines is 1. The molecule has 0 aliphatic heterocycles. The van der Waals surface area contributed by atoms with E-state index >= 15 is 0 Å². The summed E-state index contributed by atoms with van der Waals surface area (Å²) < 4.78 is 6.28. The molecule has 0 amide bonds. The van der Waals surface area contributed by atoms with Gasteiger partial charge in [-0.05, 0) is 24.0 Å². The number of nitriles is 1. The fourth-order valence-corrected chi connectivity index (χ4v) is 3.27. The van der Waals surface area contributed by atoms with Gasteiger partial charge in [0, 0.05) is 0 Å². The molecule has 1 heterocycles. The fourth-order valence-electron chi connectivity index (χ4n) is 2.65. The third kappa shape index (κ3) is 3.67. The van der Waals surface area contributed by atoms with Gasteiger partial charge in [0.05, 0.1) is 10.8 Å². The van der Waals surface area contributed by atoms with Gasteiger partial charge in [-0.2, -0.15) is 15.0 Å². The first-order valence-electron chi connectivity index (χ1n) is 7.36. The lowest BCUT2D eigenvalue weighted by Crippen LogP contribution is -2.22. The monoisotopic (exact) mass is 336 g/mol. The molecule has 0 bridgehead atoms. The van der Waals surface area contributed by atoms with Gasteiger partial charge in [0.15, 0.2) is 6.73 Å². The molecule has 2 atom stereocenters. The van der Waals surface area contributed by atoms with Gasteiger partial charge >= 0.3 is 11.7 Å². The summed E-state index contributed by atoms with van der Waals surface area (Å²) in [5.41, 5.74) is -0.659. The summed E-state index contributed by atoms with van der Waals surface area (Å²) in [5.74, 6) is 0.570. The average molecular weight is 336 g/mol. The van der Waals surface area contributed by atoms with Gasteiger partial charge in [0.2, 0.25) is 0 Å². The number of thioether (sulfide) groups is 1. The Morgan fingerprint density at radius 1 is 1.61 bits per heavy atom. The zero-order chi connectivity index (χ0) is 17.2. The Morgan fingerprint density at radius 2 is 2.30 bits per heavy atom. The van der Waals surface area contributed by atoms with E-state index in [-0.39, 0.29) is 30.0 Å². The van der Waals surface area contributed by atoms with Crippen LogP contribution >= 0.6 is 11.8 Å². The first-order chi connectivity index (χ1) is 10.8. The fraction of sp³-hybridized carbons (Fsp3) is 0.600. The van der Waals surface area contributed by atoms with Crippen molar-refractivity contribution in [2.75, 3.05) is 5.75 Å². The Bertz CT molecular complexity index is 726. The number of aromatic nitrogens is 3. The van der Waals surface area contributed by atoms with Gasteiger partial charge in [0.25, 0.3) is 0 Å². The Balaban J connectivity index is 2.01. The van der Waals surface area contributed by atoms with Crippen LogP contribution in [0.2, 0.25) is 0 Å². The predicted molar refractivity (Wildman–Crippen MR) is 86.3 cm³/mol. The number of hydrogen-bond acceptors (Lipinski definition) is 6. The van der Waals surface area contributed by atoms with Crippen LogP contribution in [0, 0.1) is 35.5 Å². The number of ether oxygens (including phenoxy) is 1. The van der Waals surface area contributed by atoms with E-state index in [1.54, 1.807) is 6.92 Å². The molecule has 0 unspecified atom stereocenters. The van der Waals surface area contributed by atoms with Gasteiger partial charge in [-0.15, -0.1) is 11.8 Å². The summed E-state index contributed by atoms with van der Waals surface area (Å²) in [6.45, 7) is 7.36. The number of allylic oxidation sites excluding steroid dienone is 2. The standard InChI is InChI=1S/C15H20N4O3S/c1-5-23-10(7-16)6-11-12(15(11,3)4)13(20)22-8-19-14(21)17-9(2)18-19/h6,11-12H,5,8H2,1-4H3,(H,17,18,21)/b10-6+/t11-,12+/m1/s1. The van der Waals surface area contributed by atoms with Crippen molar-refractivity contribution in [1.82, 2.24) is 14.8 Å². The van der Waals surface area contributed by atoms with Crippen molar-refractivity contribution in [1.29, 1.82) is 5.26 Å². The Hall–Kier alpha value is -2.01. The normalized spacial score (nSPS) is 22.5. The highest BCUT2D eigenvalue weighted by molar-refractivity contribution is 8.03. The summed E-state index contributed by atoms with van der Waals surface area (Å²) in [6, 6.07) is 2.15. The quantitative estimate of drug-likeness (QED) is 0.628. The van der Waals surface area contributed by atoms with E-state index in [9.17, 15) is 9.59 Å². The largest absolute Gasteiger partial charge is 0.442 e. The second-order valence-electron chi connectivity index (χ2n) is 6.01. The molecular weight excluding hydrogens is 316 g/mol. The lowest BCUT2D eigenvalue weighted by molar-refractivity contribution is -0.150. The third-order valence-corrected chi connectivity index (χ3v) is 4.85. The third-order valence-electron chi connectivity index (χ3n) is 4.03. The lowest BCUT2D eigenvalue weighted by Gasteiger charge is -2.04. The van der Waals surface area contributed by atoms with Crippen molar-refractivity contribution in [3.63, 3.8) is 0 Å². The number of aryl methyl sites for hydroxylation is 1. The Morgan fingerprint density at radius 3 is 2.83 bits per heavy atom. The number of rotatable bonds is 6. The van der Waals surface area contributed by atoms with Crippen LogP contribution in [0.25, 0.3) is 0 Å². The maximum absolute atomic E-state index is 12.3. The van der Waals surface area contributed by atoms with Crippen LogP contribution in [0.1, 0.15) is 26.6 Å². The number of esters is 1. The second kappa shape index (κ2) is 6.62. The highest BCUT2D eigenvalue weighted by Crippen LogP contribution is 2.60. The summed E-state index contributed by atoms with van der Waals surface area (Å²) >= 11 is 1.46. The number of carbonyl (C=O) groups is 1. The van der Waals surface area contributed by atoms with Crippen molar-refractivity contribution in [3.8, 4) is 6.07 Å². The molecule has 1 aromatic rings. The molecule has 124 valence electrons. The van der Waals surface area contributed by atoms with E-state index in [0.29, 0.717) is 10.7 Å². The van der Waals surface area contributed by atoms with E-state index in [4.69, 9.17) is 10.00 Å². The van der Waals surface area contributed by atoms with Crippen LogP contribution in [0.4, 0.5) is 0 Å². The molecule has 1 aliphatic carbocycles. The molecule has 23 heavy (non-hydrogen) atoms. The molecule has 0 spiro atoms. The molecule has 1 N–H and O–H groups in total. The van der Waals surface area contributed by atoms with Crippen molar-refractivity contribution in [2.45, 2.75) is 34.4 Å². The van der Waals surface area contributed by atoms with Crippen molar-refractivity contribution in [3.05, 3.63) is 27.3 Å². The highest BCUT2D eigenvalue weighted by atomic mass is 32.2. The van der Waals surface area contributed by atoms with Crippen LogP contribution in [-0.2, 0) is 16.3 Å². The molecule has 0 aromatic carbocycles. The molecule has 1 saturated carbocycles. The predicted octanol–water partition coefficient (Wildman–Crippen LogP) is 1.81. The van der Waals surface area contributed by atoms with Gasteiger partial charge < -0.3 is 4.74 Å². The minimum absolute atomic E-state index is 0.0265. The zero-order valence-corrected chi connectivity index (χ0v) is 14.4. The maximum atomic E-state index is 12.3. The number of nitrogens with zero attached hydrogens (tertiary/aromatic N) is 3. The van der Waals surface area contributed by atoms with Gasteiger partial charge in [0.1, 0.15) is 11.9 Å². The first-order valence-corrected chi connectivity index (χ1v) is 8.34. The number of carbonyl (C=O) groups excluding carboxylic acids is 1. The topological polar surface area (TPSA) is 101 Å². The molecule has 1 aliphatic rings. The molecule has 7 nitrogen and oxygen atoms in total. The van der Waals surface area contributed by atoms with Crippen LogP contribution in [0.15, 0.2) is 15.8 Å². The van der Waals surface area contributed by atoms with Crippen LogP contribution in [-0.4, -0.2) is 26.5 Å². The summed E-state index contributed by atoms with van der Waals surface area (Å²) in [6.07, 6.45) is 1.85. The second-order valence-corrected chi connectivity index (χ2v) is 7.31. The SMILES string of the molecule is CCS/C(C#N)=C/[C@@H]1[C@@H](C(=O)OCn2nc(C)[nH]c2=O)C1(C)C. The molecule has 0 radical (unpaired) electrons. The smallest absolute Gasteiger partial charge is 0.346 e. The molecule has 2 rings (SSSR count). The van der Waals surface area contributed by atoms with Crippen molar-refractivity contribution in [2.24, 2.45) is 17.3 Å². The van der Waals surface area contributed by atoms with E-state index in [1.807, 2.05) is 26.8 Å². The summed E-state index contributed by atoms with van der Waals surface area (Å²) in [4.78, 5) is 26.9. The number of nitrogens with one attached hydrogen (secondary N) is 1. The molecule has 8 heteroatoms. The molecule has 0 saturated heterocycles. The minimum Gasteiger partial charge on any atom is -0.442 e. The lowest BCUT2D eigenvalue weighted by atomic mass is 10.1. The van der Waals surface area contributed by atoms with Gasteiger partial charge in [-0.3, -0.25) is 9.78 Å². The summed E-state index contributed by atoms with van der Waals surface area (Å²) in [7, 11) is 0. The molecular formula is C15H20N4O3S. The van der Waals surface area contributed by atoms with E-state index < -0.39 is 5.69 Å². The molecule has 1 fully saturated rings. The van der Waals surface area contributed by atoms with Crippen molar-refractivity contribution < 1.29 is 9.53 Å². The van der Waals surface area contributed by atoms with Gasteiger partial charge in [-0.25, -0.2) is 4.79 Å². The zero-order valence-electron chi connectivity index (χ0n) is 13.6. The van der Waals surface area contributed by atoms with Crippen molar-refractivity contribution >= 4 is 17.7 Å². The van der Waals surface area contributed by atoms with Crippen LogP contribution in [0.3, 0.4) is 0 Å².